The monoisotopic (exact) mass is 431 g/mol. The van der Waals surface area contributed by atoms with Crippen LogP contribution in [0.15, 0.2) is 35.7 Å². The second-order valence-electron chi connectivity index (χ2n) is 7.83. The molecule has 1 aromatic heterocycles. The molecule has 158 valence electrons. The first-order chi connectivity index (χ1) is 14.2. The highest BCUT2D eigenvalue weighted by Gasteiger charge is 2.55. The first-order valence-electron chi connectivity index (χ1n) is 9.42. The number of primary amides is 1. The lowest BCUT2D eigenvalue weighted by Crippen LogP contribution is -2.92. The Hall–Kier alpha value is -3.09. The lowest BCUT2D eigenvalue weighted by Gasteiger charge is -2.22. The lowest BCUT2D eigenvalue weighted by atomic mass is 10.0. The van der Waals surface area contributed by atoms with Crippen molar-refractivity contribution in [1.29, 1.82) is 0 Å². The van der Waals surface area contributed by atoms with Crippen molar-refractivity contribution < 1.29 is 29.1 Å². The summed E-state index contributed by atoms with van der Waals surface area (Å²) in [6, 6.07) is 9.16. The van der Waals surface area contributed by atoms with Gasteiger partial charge < -0.3 is 14.2 Å². The van der Waals surface area contributed by atoms with E-state index in [1.807, 2.05) is 29.6 Å². The molecule has 3 N–H and O–H groups in total. The molecule has 2 amide bonds. The van der Waals surface area contributed by atoms with Gasteiger partial charge in [-0.15, -0.1) is 11.3 Å². The third kappa shape index (κ3) is 5.28. The smallest absolute Gasteiger partial charge is 0.454 e. The number of nitrogens with two attached hydrogens (primary N) is 1. The number of benzene rings is 1. The van der Waals surface area contributed by atoms with Gasteiger partial charge >= 0.3 is 17.7 Å². The van der Waals surface area contributed by atoms with Crippen LogP contribution in [0, 0.1) is 6.57 Å². The Bertz CT molecular complexity index is 962. The molecule has 0 spiro atoms. The fourth-order valence-electron chi connectivity index (χ4n) is 2.92. The highest BCUT2D eigenvalue weighted by molar-refractivity contribution is 7.09. The number of alkyl carbamates (subject to hydrolysis) is 1. The summed E-state index contributed by atoms with van der Waals surface area (Å²) >= 11 is 1.45. The number of hydrogen-bond donors (Lipinski definition) is 2. The van der Waals surface area contributed by atoms with Crippen LogP contribution in [0.25, 0.3) is 4.85 Å². The van der Waals surface area contributed by atoms with Crippen LogP contribution in [-0.4, -0.2) is 30.1 Å². The first kappa shape index (κ1) is 21.6. The summed E-state index contributed by atoms with van der Waals surface area (Å²) in [6.45, 7) is 11.4. The molecule has 0 saturated heterocycles. The average molecular weight is 432 g/mol. The van der Waals surface area contributed by atoms with Crippen molar-refractivity contribution in [1.82, 2.24) is 5.32 Å². The number of quaternary nitrogens is 1. The fraction of sp³-hybridized carbons (Fsp3) is 0.381. The number of hydrogen-bond acceptors (Lipinski definition) is 6. The molecule has 0 fully saturated rings. The zero-order valence-corrected chi connectivity index (χ0v) is 18.0. The quantitative estimate of drug-likeness (QED) is 0.733. The Balaban J connectivity index is 1.76. The number of nitrogens with zero attached hydrogens (tertiary/aromatic N) is 1. The standard InChI is InChI=1S/C21H23N3O5S/c1-20(2,3)29-19(26)24-21(22-4,11-15-6-5-9-30-15)18(25)23-12-14-7-8-16-17(10-14)28-13-27-16/h4-10H,11-13H2,1-3H3,(H-,23,24,25,26)/p+2. The van der Waals surface area contributed by atoms with E-state index in [0.29, 0.717) is 18.0 Å². The van der Waals surface area contributed by atoms with E-state index >= 15 is 0 Å². The number of amides is 2. The molecule has 1 atom stereocenters. The van der Waals surface area contributed by atoms with Crippen LogP contribution in [-0.2, 0) is 22.5 Å². The van der Waals surface area contributed by atoms with Crippen LogP contribution < -0.4 is 20.1 Å². The van der Waals surface area contributed by atoms with Crippen LogP contribution in [0.4, 0.5) is 4.79 Å². The first-order valence-corrected chi connectivity index (χ1v) is 10.3. The Morgan fingerprint density at radius 3 is 2.70 bits per heavy atom. The molecule has 1 aliphatic heterocycles. The molecule has 2 heterocycles. The molecule has 8 nitrogen and oxygen atoms in total. The van der Waals surface area contributed by atoms with E-state index < -0.39 is 23.3 Å². The van der Waals surface area contributed by atoms with Crippen LogP contribution >= 0.6 is 11.3 Å². The van der Waals surface area contributed by atoms with E-state index in [-0.39, 0.29) is 13.2 Å². The summed E-state index contributed by atoms with van der Waals surface area (Å²) in [5.41, 5.74) is -1.54. The summed E-state index contributed by atoms with van der Waals surface area (Å²) in [5, 5.41) is 5.92. The summed E-state index contributed by atoms with van der Waals surface area (Å²) in [7, 11) is 0. The van der Waals surface area contributed by atoms with E-state index in [4.69, 9.17) is 20.8 Å². The summed E-state index contributed by atoms with van der Waals surface area (Å²) in [5.74, 6) is 0.871. The van der Waals surface area contributed by atoms with Crippen molar-refractivity contribution in [2.75, 3.05) is 6.79 Å². The number of nitrogens with one attached hydrogen (secondary N) is 1. The molecule has 0 bridgehead atoms. The zero-order valence-electron chi connectivity index (χ0n) is 17.1. The van der Waals surface area contributed by atoms with Gasteiger partial charge in [-0.1, -0.05) is 6.07 Å². The van der Waals surface area contributed by atoms with Crippen LogP contribution in [0.5, 0.6) is 11.5 Å². The minimum atomic E-state index is -1.66. The van der Waals surface area contributed by atoms with E-state index in [0.717, 1.165) is 10.4 Å². The Kier molecular flexibility index (Phi) is 6.29. The van der Waals surface area contributed by atoms with Gasteiger partial charge in [-0.05, 0) is 55.3 Å². The number of fused-ring (bicyclic) bond motifs is 1. The Morgan fingerprint density at radius 1 is 1.27 bits per heavy atom. The Morgan fingerprint density at radius 2 is 2.03 bits per heavy atom. The predicted molar refractivity (Wildman–Crippen MR) is 112 cm³/mol. The zero-order chi connectivity index (χ0) is 21.8. The molecule has 0 radical (unpaired) electrons. The third-order valence-electron chi connectivity index (χ3n) is 4.31. The van der Waals surface area contributed by atoms with Gasteiger partial charge in [0.25, 0.3) is 6.57 Å². The summed E-state index contributed by atoms with van der Waals surface area (Å²) in [6.07, 6.45) is -0.644. The SMILES string of the molecule is C#[N+]C(Cc1cccs1)(NC(=O)OC(C)(C)C)C(=O)[NH2+]Cc1ccc2c(c1)OCO2. The molecule has 1 unspecified atom stereocenters. The van der Waals surface area contributed by atoms with Crippen LogP contribution in [0.3, 0.4) is 0 Å². The minimum absolute atomic E-state index is 0.122. The summed E-state index contributed by atoms with van der Waals surface area (Å²) in [4.78, 5) is 30.3. The number of carbonyl (C=O) groups excluding carboxylic acids is 2. The predicted octanol–water partition coefficient (Wildman–Crippen LogP) is 2.49. The van der Waals surface area contributed by atoms with Gasteiger partial charge in [-0.2, -0.15) is 0 Å². The lowest BCUT2D eigenvalue weighted by molar-refractivity contribution is -0.587. The molecule has 0 saturated carbocycles. The highest BCUT2D eigenvalue weighted by Crippen LogP contribution is 2.32. The molecular formula is C21H25N3O5S+2. The van der Waals surface area contributed by atoms with Gasteiger partial charge in [0, 0.05) is 10.4 Å². The average Bonchev–Trinajstić information content (AvgIpc) is 3.34. The normalized spacial score (nSPS) is 14.5. The highest BCUT2D eigenvalue weighted by atomic mass is 32.1. The van der Waals surface area contributed by atoms with E-state index in [2.05, 4.69) is 10.2 Å². The molecular weight excluding hydrogens is 406 g/mol. The minimum Gasteiger partial charge on any atom is -0.454 e. The van der Waals surface area contributed by atoms with Crippen LogP contribution in [0.1, 0.15) is 31.2 Å². The fourth-order valence-corrected chi connectivity index (χ4v) is 3.70. The maximum atomic E-state index is 13.2. The van der Waals surface area contributed by atoms with E-state index in [9.17, 15) is 9.59 Å². The molecule has 0 aliphatic carbocycles. The van der Waals surface area contributed by atoms with Crippen molar-refractivity contribution in [2.45, 2.75) is 45.0 Å². The van der Waals surface area contributed by atoms with Crippen molar-refractivity contribution in [3.05, 3.63) is 51.0 Å². The number of rotatable bonds is 6. The number of carbonyl (C=O) groups is 2. The second kappa shape index (κ2) is 8.73. The van der Waals surface area contributed by atoms with Gasteiger partial charge in [0.05, 0.1) is 0 Å². The number of ether oxygens (including phenoxy) is 3. The summed E-state index contributed by atoms with van der Waals surface area (Å²) < 4.78 is 16.0. The maximum absolute atomic E-state index is 13.2. The second-order valence-corrected chi connectivity index (χ2v) is 8.86. The Labute approximate surface area is 179 Å². The largest absolute Gasteiger partial charge is 0.474 e. The van der Waals surface area contributed by atoms with Gasteiger partial charge in [-0.25, -0.2) is 14.9 Å². The molecule has 1 aliphatic rings. The van der Waals surface area contributed by atoms with Gasteiger partial charge in [0.2, 0.25) is 6.79 Å². The number of thiophene rings is 1. The molecule has 30 heavy (non-hydrogen) atoms. The maximum Gasteiger partial charge on any atom is 0.474 e. The molecule has 2 aromatic rings. The van der Waals surface area contributed by atoms with Crippen molar-refractivity contribution >= 4 is 23.3 Å². The van der Waals surface area contributed by atoms with Gasteiger partial charge in [0.1, 0.15) is 18.6 Å². The van der Waals surface area contributed by atoms with E-state index in [1.54, 1.807) is 26.8 Å². The third-order valence-corrected chi connectivity index (χ3v) is 5.18. The molecule has 1 aromatic carbocycles. The van der Waals surface area contributed by atoms with Crippen molar-refractivity contribution in [2.24, 2.45) is 0 Å². The van der Waals surface area contributed by atoms with Crippen molar-refractivity contribution in [3.63, 3.8) is 0 Å². The van der Waals surface area contributed by atoms with Crippen LogP contribution in [0.2, 0.25) is 0 Å². The van der Waals surface area contributed by atoms with Gasteiger partial charge in [-0.3, -0.25) is 5.32 Å². The topological polar surface area (TPSA) is 94.8 Å². The van der Waals surface area contributed by atoms with Crippen molar-refractivity contribution in [3.8, 4) is 18.1 Å². The molecule has 9 heteroatoms. The van der Waals surface area contributed by atoms with E-state index in [1.165, 1.54) is 16.7 Å². The van der Waals surface area contributed by atoms with Gasteiger partial charge in [0.15, 0.2) is 11.5 Å². The molecule has 3 rings (SSSR count).